The average Bonchev–Trinajstić information content (AvgIpc) is 2.16. The molecule has 7 heteroatoms. The number of likely N-dealkylation sites (N-methyl/N-ethyl adjacent to an activating group) is 1. The number of aliphatic carboxylic acids is 2. The maximum atomic E-state index is 9.55. The lowest BCUT2D eigenvalue weighted by Crippen LogP contribution is -2.25. The van der Waals surface area contributed by atoms with E-state index in [1.807, 2.05) is 11.9 Å². The van der Waals surface area contributed by atoms with Crippen LogP contribution in [0.25, 0.3) is 0 Å². The third kappa shape index (κ3) is 18.4. The summed E-state index contributed by atoms with van der Waals surface area (Å²) >= 11 is 0. The fourth-order valence-electron chi connectivity index (χ4n) is 0.596. The first-order valence-electron chi connectivity index (χ1n) is 4.48. The molecule has 0 spiro atoms. The van der Waals surface area contributed by atoms with Gasteiger partial charge in [0.05, 0.1) is 13.2 Å². The van der Waals surface area contributed by atoms with Crippen molar-refractivity contribution in [3.8, 4) is 0 Å². The van der Waals surface area contributed by atoms with E-state index in [0.717, 1.165) is 0 Å². The predicted molar refractivity (Wildman–Crippen MR) is 56.1 cm³/mol. The van der Waals surface area contributed by atoms with Crippen molar-refractivity contribution in [1.82, 2.24) is 4.90 Å². The summed E-state index contributed by atoms with van der Waals surface area (Å²) in [4.78, 5) is 21.0. The molecule has 0 aromatic rings. The van der Waals surface area contributed by atoms with Crippen LogP contribution in [-0.2, 0) is 9.59 Å². The standard InChI is InChI=1S/C5H13NO2.C4H4O4/c1-6(2-4-7)3-5-8;5-3(6)1-2-4(7)8/h7-8H,2-5H2,1H3;1-2H,(H,5,6)(H,7,8)/b;2-1-. The zero-order valence-corrected chi connectivity index (χ0v) is 9.04. The Hall–Kier alpha value is -1.44. The van der Waals surface area contributed by atoms with E-state index in [-0.39, 0.29) is 13.2 Å². The highest BCUT2D eigenvalue weighted by Crippen LogP contribution is 1.76. The van der Waals surface area contributed by atoms with Gasteiger partial charge in [-0.05, 0) is 7.05 Å². The predicted octanol–water partition coefficient (Wildman–Crippen LogP) is -1.39. The van der Waals surface area contributed by atoms with Crippen LogP contribution in [0.3, 0.4) is 0 Å². The maximum absolute atomic E-state index is 9.55. The van der Waals surface area contributed by atoms with Crippen LogP contribution in [0.5, 0.6) is 0 Å². The SMILES string of the molecule is CN(CCO)CCO.O=C(O)/C=C\C(=O)O. The summed E-state index contributed by atoms with van der Waals surface area (Å²) in [6.07, 6.45) is 1.12. The molecule has 0 atom stereocenters. The largest absolute Gasteiger partial charge is 0.478 e. The van der Waals surface area contributed by atoms with Gasteiger partial charge in [0.2, 0.25) is 0 Å². The van der Waals surface area contributed by atoms with Crippen molar-refractivity contribution in [3.63, 3.8) is 0 Å². The molecule has 0 fully saturated rings. The number of hydrogen-bond donors (Lipinski definition) is 4. The Kier molecular flexibility index (Phi) is 12.3. The molecule has 0 saturated carbocycles. The highest BCUT2D eigenvalue weighted by Gasteiger charge is 1.91. The Morgan fingerprint density at radius 1 is 1.00 bits per heavy atom. The molecule has 0 aliphatic carbocycles. The summed E-state index contributed by atoms with van der Waals surface area (Å²) in [5.41, 5.74) is 0. The third-order valence-corrected chi connectivity index (χ3v) is 1.33. The minimum atomic E-state index is -1.26. The quantitative estimate of drug-likeness (QED) is 0.419. The molecule has 4 N–H and O–H groups in total. The highest BCUT2D eigenvalue weighted by molar-refractivity contribution is 5.89. The molecular weight excluding hydrogens is 218 g/mol. The van der Waals surface area contributed by atoms with E-state index in [1.54, 1.807) is 0 Å². The lowest BCUT2D eigenvalue weighted by atomic mass is 10.5. The molecule has 0 aromatic carbocycles. The summed E-state index contributed by atoms with van der Waals surface area (Å²) in [6, 6.07) is 0. The molecule has 0 saturated heterocycles. The minimum Gasteiger partial charge on any atom is -0.478 e. The van der Waals surface area contributed by atoms with Crippen LogP contribution in [0.2, 0.25) is 0 Å². The molecule has 0 aliphatic heterocycles. The van der Waals surface area contributed by atoms with Crippen molar-refractivity contribution in [2.24, 2.45) is 0 Å². The first-order chi connectivity index (χ1) is 7.43. The number of carbonyl (C=O) groups is 2. The number of carboxylic acid groups (broad SMARTS) is 2. The monoisotopic (exact) mass is 235 g/mol. The maximum Gasteiger partial charge on any atom is 0.328 e. The molecule has 0 amide bonds. The van der Waals surface area contributed by atoms with Gasteiger partial charge in [0.1, 0.15) is 0 Å². The van der Waals surface area contributed by atoms with Crippen LogP contribution in [0.15, 0.2) is 12.2 Å². The van der Waals surface area contributed by atoms with Crippen molar-refractivity contribution >= 4 is 11.9 Å². The van der Waals surface area contributed by atoms with Gasteiger partial charge in [0, 0.05) is 25.2 Å². The van der Waals surface area contributed by atoms with Gasteiger partial charge < -0.3 is 25.3 Å². The first-order valence-corrected chi connectivity index (χ1v) is 4.48. The van der Waals surface area contributed by atoms with E-state index in [1.165, 1.54) is 0 Å². The number of aliphatic hydroxyl groups excluding tert-OH is 2. The second-order valence-corrected chi connectivity index (χ2v) is 2.76. The second kappa shape index (κ2) is 11.6. The minimum absolute atomic E-state index is 0.163. The molecule has 0 rings (SSSR count). The lowest BCUT2D eigenvalue weighted by molar-refractivity contribution is -0.134. The molecule has 7 nitrogen and oxygen atoms in total. The second-order valence-electron chi connectivity index (χ2n) is 2.76. The highest BCUT2D eigenvalue weighted by atomic mass is 16.4. The lowest BCUT2D eigenvalue weighted by Gasteiger charge is -2.11. The molecule has 0 heterocycles. The van der Waals surface area contributed by atoms with E-state index in [9.17, 15) is 9.59 Å². The van der Waals surface area contributed by atoms with E-state index in [4.69, 9.17) is 20.4 Å². The van der Waals surface area contributed by atoms with Crippen molar-refractivity contribution in [2.75, 3.05) is 33.4 Å². The summed E-state index contributed by atoms with van der Waals surface area (Å²) in [5, 5.41) is 32.3. The van der Waals surface area contributed by atoms with Crippen LogP contribution >= 0.6 is 0 Å². The fraction of sp³-hybridized carbons (Fsp3) is 0.556. The number of aliphatic hydroxyl groups is 2. The fourth-order valence-corrected chi connectivity index (χ4v) is 0.596. The van der Waals surface area contributed by atoms with E-state index in [2.05, 4.69) is 0 Å². The number of nitrogens with zero attached hydrogens (tertiary/aromatic N) is 1. The van der Waals surface area contributed by atoms with Gasteiger partial charge in [-0.15, -0.1) is 0 Å². The Balaban J connectivity index is 0. The molecular formula is C9H17NO6. The summed E-state index contributed by atoms with van der Waals surface area (Å²) in [6.45, 7) is 1.61. The number of rotatable bonds is 6. The molecule has 0 aromatic heterocycles. The van der Waals surface area contributed by atoms with Crippen LogP contribution < -0.4 is 0 Å². The van der Waals surface area contributed by atoms with Crippen molar-refractivity contribution in [2.45, 2.75) is 0 Å². The molecule has 94 valence electrons. The van der Waals surface area contributed by atoms with E-state index < -0.39 is 11.9 Å². The zero-order chi connectivity index (χ0) is 13.0. The molecule has 16 heavy (non-hydrogen) atoms. The van der Waals surface area contributed by atoms with Crippen molar-refractivity contribution in [1.29, 1.82) is 0 Å². The molecule has 0 radical (unpaired) electrons. The molecule has 0 aliphatic rings. The Morgan fingerprint density at radius 2 is 1.31 bits per heavy atom. The molecule has 0 unspecified atom stereocenters. The van der Waals surface area contributed by atoms with Gasteiger partial charge in [0.15, 0.2) is 0 Å². The van der Waals surface area contributed by atoms with Gasteiger partial charge in [0.25, 0.3) is 0 Å². The summed E-state index contributed by atoms with van der Waals surface area (Å²) in [5.74, 6) is -2.51. The van der Waals surface area contributed by atoms with Gasteiger partial charge in [-0.3, -0.25) is 0 Å². The van der Waals surface area contributed by atoms with Crippen LogP contribution in [-0.4, -0.2) is 70.6 Å². The summed E-state index contributed by atoms with van der Waals surface area (Å²) in [7, 11) is 1.85. The van der Waals surface area contributed by atoms with Crippen molar-refractivity contribution in [3.05, 3.63) is 12.2 Å². The van der Waals surface area contributed by atoms with Gasteiger partial charge in [-0.2, -0.15) is 0 Å². The summed E-state index contributed by atoms with van der Waals surface area (Å²) < 4.78 is 0. The number of carboxylic acids is 2. The average molecular weight is 235 g/mol. The number of hydrogen-bond acceptors (Lipinski definition) is 5. The third-order valence-electron chi connectivity index (χ3n) is 1.33. The smallest absolute Gasteiger partial charge is 0.328 e. The Morgan fingerprint density at radius 3 is 1.50 bits per heavy atom. The van der Waals surface area contributed by atoms with Crippen molar-refractivity contribution < 1.29 is 30.0 Å². The van der Waals surface area contributed by atoms with Gasteiger partial charge >= 0.3 is 11.9 Å². The van der Waals surface area contributed by atoms with Crippen LogP contribution in [0, 0.1) is 0 Å². The van der Waals surface area contributed by atoms with Crippen LogP contribution in [0.4, 0.5) is 0 Å². The molecule has 0 bridgehead atoms. The first kappa shape index (κ1) is 17.0. The normalized spacial score (nSPS) is 10.0. The van der Waals surface area contributed by atoms with E-state index in [0.29, 0.717) is 25.2 Å². The van der Waals surface area contributed by atoms with Gasteiger partial charge in [-0.1, -0.05) is 0 Å². The Bertz CT molecular complexity index is 206. The van der Waals surface area contributed by atoms with E-state index >= 15 is 0 Å². The topological polar surface area (TPSA) is 118 Å². The van der Waals surface area contributed by atoms with Crippen LogP contribution in [0.1, 0.15) is 0 Å². The Labute approximate surface area is 93.2 Å². The van der Waals surface area contributed by atoms with Gasteiger partial charge in [-0.25, -0.2) is 9.59 Å². The zero-order valence-electron chi connectivity index (χ0n) is 9.04.